The Morgan fingerprint density at radius 2 is 1.88 bits per heavy atom. The second-order valence-electron chi connectivity index (χ2n) is 3.29. The summed E-state index contributed by atoms with van der Waals surface area (Å²) in [6.07, 6.45) is 0. The molecule has 0 bridgehead atoms. The molecular formula is C9H11ClN2O4S. The molecule has 0 N–H and O–H groups in total. The lowest BCUT2D eigenvalue weighted by Crippen LogP contribution is -2.37. The number of hydrogen-bond donors (Lipinski definition) is 0. The lowest BCUT2D eigenvalue weighted by atomic mass is 10.2. The molecule has 0 unspecified atom stereocenters. The molecule has 0 saturated heterocycles. The van der Waals surface area contributed by atoms with Crippen LogP contribution < -0.4 is 0 Å². The zero-order valence-corrected chi connectivity index (χ0v) is 10.6. The first-order valence-corrected chi connectivity index (χ1v) is 6.66. The second kappa shape index (κ2) is 5.33. The Hall–Kier alpha value is -1.34. The first-order valence-electron chi connectivity index (χ1n) is 4.69. The van der Waals surface area contributed by atoms with Gasteiger partial charge < -0.3 is 0 Å². The van der Waals surface area contributed by atoms with E-state index in [4.69, 9.17) is 11.6 Å². The fourth-order valence-corrected chi connectivity index (χ4v) is 2.68. The maximum Gasteiger partial charge on any atom is 0.313 e. The molecule has 1 rings (SSSR count). The van der Waals surface area contributed by atoms with Gasteiger partial charge in [0.25, 0.3) is 0 Å². The van der Waals surface area contributed by atoms with Crippen molar-refractivity contribution in [3.05, 3.63) is 39.9 Å². The molecule has 0 atom stereocenters. The van der Waals surface area contributed by atoms with Gasteiger partial charge in [-0.25, -0.2) is 10.1 Å². The van der Waals surface area contributed by atoms with E-state index in [9.17, 15) is 18.5 Å². The van der Waals surface area contributed by atoms with Crippen LogP contribution in [0.5, 0.6) is 0 Å². The molecule has 0 aliphatic rings. The minimum atomic E-state index is -4.13. The van der Waals surface area contributed by atoms with Crippen molar-refractivity contribution >= 4 is 21.6 Å². The third-order valence-electron chi connectivity index (χ3n) is 2.05. The highest BCUT2D eigenvalue weighted by molar-refractivity contribution is 7.89. The Balaban J connectivity index is 3.16. The van der Waals surface area contributed by atoms with Gasteiger partial charge in [-0.1, -0.05) is 17.7 Å². The number of benzene rings is 1. The lowest BCUT2D eigenvalue weighted by molar-refractivity contribution is -0.619. The number of halogens is 1. The Labute approximate surface area is 104 Å². The van der Waals surface area contributed by atoms with E-state index >= 15 is 0 Å². The van der Waals surface area contributed by atoms with Gasteiger partial charge in [0.15, 0.2) is 5.03 Å². The second-order valence-corrected chi connectivity index (χ2v) is 5.51. The van der Waals surface area contributed by atoms with E-state index < -0.39 is 15.1 Å². The number of sulfonamides is 1. The van der Waals surface area contributed by atoms with Crippen LogP contribution in [0.1, 0.15) is 5.56 Å². The van der Waals surface area contributed by atoms with Crippen LogP contribution in [0.4, 0.5) is 0 Å². The van der Waals surface area contributed by atoms with E-state index in [1.807, 2.05) is 0 Å². The van der Waals surface area contributed by atoms with Crippen LogP contribution >= 0.6 is 11.6 Å². The highest BCUT2D eigenvalue weighted by atomic mass is 35.5. The molecule has 1 aromatic carbocycles. The predicted octanol–water partition coefficient (Wildman–Crippen LogP) is 1.42. The van der Waals surface area contributed by atoms with Crippen LogP contribution in [0.15, 0.2) is 29.2 Å². The number of hydrazine groups is 1. The molecule has 0 amide bonds. The summed E-state index contributed by atoms with van der Waals surface area (Å²) in [5.74, 6) is -0.147. The number of nitrogens with zero attached hydrogens (tertiary/aromatic N) is 2. The van der Waals surface area contributed by atoms with Crippen LogP contribution in [0, 0.1) is 17.0 Å². The van der Waals surface area contributed by atoms with Crippen molar-refractivity contribution in [2.45, 2.75) is 11.8 Å². The van der Waals surface area contributed by atoms with Crippen LogP contribution in [-0.2, 0) is 10.0 Å². The van der Waals surface area contributed by atoms with E-state index in [1.54, 1.807) is 19.1 Å². The van der Waals surface area contributed by atoms with Gasteiger partial charge in [0, 0.05) is 5.88 Å². The maximum absolute atomic E-state index is 11.9. The number of alkyl halides is 1. The molecule has 0 spiro atoms. The summed E-state index contributed by atoms with van der Waals surface area (Å²) in [6, 6.07) is 5.81. The van der Waals surface area contributed by atoms with Gasteiger partial charge in [-0.15, -0.1) is 11.6 Å². The van der Waals surface area contributed by atoms with Crippen molar-refractivity contribution in [2.75, 3.05) is 12.4 Å². The highest BCUT2D eigenvalue weighted by Crippen LogP contribution is 2.16. The van der Waals surface area contributed by atoms with E-state index in [2.05, 4.69) is 0 Å². The Morgan fingerprint density at radius 3 is 2.29 bits per heavy atom. The van der Waals surface area contributed by atoms with Gasteiger partial charge >= 0.3 is 10.0 Å². The smallest absolute Gasteiger partial charge is 0.234 e. The molecule has 0 heterocycles. The minimum absolute atomic E-state index is 0.120. The summed E-state index contributed by atoms with van der Waals surface area (Å²) >= 11 is 5.35. The molecule has 0 aliphatic heterocycles. The summed E-state index contributed by atoms with van der Waals surface area (Å²) in [4.78, 5) is 10.5. The summed E-state index contributed by atoms with van der Waals surface area (Å²) in [7, 11) is -4.13. The van der Waals surface area contributed by atoms with Gasteiger partial charge in [-0.2, -0.15) is 8.42 Å². The molecule has 94 valence electrons. The molecular weight excluding hydrogens is 268 g/mol. The molecule has 1 aromatic rings. The molecule has 0 saturated carbocycles. The third kappa shape index (κ3) is 3.07. The first-order chi connectivity index (χ1) is 7.89. The van der Waals surface area contributed by atoms with Crippen molar-refractivity contribution in [3.8, 4) is 0 Å². The van der Waals surface area contributed by atoms with E-state index in [0.717, 1.165) is 5.56 Å². The molecule has 0 radical (unpaired) electrons. The number of nitro groups is 1. The summed E-state index contributed by atoms with van der Waals surface area (Å²) in [5.41, 5.74) is 0.869. The number of rotatable bonds is 5. The largest absolute Gasteiger partial charge is 0.313 e. The van der Waals surface area contributed by atoms with Crippen molar-refractivity contribution in [1.82, 2.24) is 4.41 Å². The average Bonchev–Trinajstić information content (AvgIpc) is 2.25. The van der Waals surface area contributed by atoms with Crippen molar-refractivity contribution in [1.29, 1.82) is 0 Å². The third-order valence-corrected chi connectivity index (χ3v) is 3.96. The number of hydrogen-bond acceptors (Lipinski definition) is 4. The molecule has 0 fully saturated rings. The Bertz CT molecular complexity index is 500. The van der Waals surface area contributed by atoms with Gasteiger partial charge in [0.2, 0.25) is 0 Å². The summed E-state index contributed by atoms with van der Waals surface area (Å²) in [6.45, 7) is 1.42. The Kier molecular flexibility index (Phi) is 4.30. The zero-order valence-electron chi connectivity index (χ0n) is 9.04. The van der Waals surface area contributed by atoms with Crippen molar-refractivity contribution < 1.29 is 13.5 Å². The topological polar surface area (TPSA) is 80.5 Å². The lowest BCUT2D eigenvalue weighted by Gasteiger charge is -2.12. The van der Waals surface area contributed by atoms with Crippen LogP contribution in [-0.4, -0.2) is 30.3 Å². The van der Waals surface area contributed by atoms with E-state index in [0.29, 0.717) is 0 Å². The SMILES string of the molecule is Cc1ccc(S(=O)(=O)N(CCCl)[N+](=O)[O-])cc1. The molecule has 8 heteroatoms. The molecule has 17 heavy (non-hydrogen) atoms. The van der Waals surface area contributed by atoms with Gasteiger partial charge in [0.1, 0.15) is 6.54 Å². The van der Waals surface area contributed by atoms with Gasteiger partial charge in [-0.3, -0.25) is 0 Å². The number of aryl methyl sites for hydroxylation is 1. The summed E-state index contributed by atoms with van der Waals surface area (Å²) in [5, 5.41) is 9.70. The quantitative estimate of drug-likeness (QED) is 0.463. The molecule has 6 nitrogen and oxygen atoms in total. The fourth-order valence-electron chi connectivity index (χ4n) is 1.19. The normalized spacial score (nSPS) is 11.2. The zero-order chi connectivity index (χ0) is 13.1. The van der Waals surface area contributed by atoms with Crippen molar-refractivity contribution in [2.24, 2.45) is 0 Å². The maximum atomic E-state index is 11.9. The van der Waals surface area contributed by atoms with Crippen LogP contribution in [0.2, 0.25) is 0 Å². The van der Waals surface area contributed by atoms with Gasteiger partial charge in [0.05, 0.1) is 4.90 Å². The highest BCUT2D eigenvalue weighted by Gasteiger charge is 2.31. The Morgan fingerprint density at radius 1 is 1.35 bits per heavy atom. The molecule has 0 aliphatic carbocycles. The van der Waals surface area contributed by atoms with Gasteiger partial charge in [-0.05, 0) is 23.5 Å². The predicted molar refractivity (Wildman–Crippen MR) is 62.8 cm³/mol. The van der Waals surface area contributed by atoms with Crippen molar-refractivity contribution in [3.63, 3.8) is 0 Å². The first kappa shape index (κ1) is 13.7. The monoisotopic (exact) mass is 278 g/mol. The van der Waals surface area contributed by atoms with E-state index in [1.165, 1.54) is 12.1 Å². The fraction of sp³-hybridized carbons (Fsp3) is 0.333. The standard InChI is InChI=1S/C9H11ClN2O4S/c1-8-2-4-9(5-3-8)17(15,16)11(7-6-10)12(13)14/h2-5H,6-7H2,1H3. The van der Waals surface area contributed by atoms with Crippen LogP contribution in [0.25, 0.3) is 0 Å². The average molecular weight is 279 g/mol. The van der Waals surface area contributed by atoms with E-state index in [-0.39, 0.29) is 21.7 Å². The minimum Gasteiger partial charge on any atom is -0.234 e. The van der Waals surface area contributed by atoms with Crippen LogP contribution in [0.3, 0.4) is 0 Å². The summed E-state index contributed by atoms with van der Waals surface area (Å²) < 4.78 is 23.9. The molecule has 0 aromatic heterocycles.